The summed E-state index contributed by atoms with van der Waals surface area (Å²) in [7, 11) is 0. The first-order valence-electron chi connectivity index (χ1n) is 5.55. The summed E-state index contributed by atoms with van der Waals surface area (Å²) in [6.07, 6.45) is 3.33. The zero-order chi connectivity index (χ0) is 11.4. The molecule has 1 aliphatic rings. The van der Waals surface area contributed by atoms with Crippen LogP contribution in [0.2, 0.25) is 0 Å². The molecule has 1 heterocycles. The molecule has 1 aliphatic heterocycles. The van der Waals surface area contributed by atoms with E-state index in [2.05, 4.69) is 0 Å². The number of nitrogens with two attached hydrogens (primary N) is 1. The van der Waals surface area contributed by atoms with Gasteiger partial charge in [-0.15, -0.1) is 0 Å². The quantitative estimate of drug-likeness (QED) is 0.803. The molecule has 1 unspecified atom stereocenters. The summed E-state index contributed by atoms with van der Waals surface area (Å²) in [5, 5.41) is 0. The Morgan fingerprint density at radius 1 is 1.44 bits per heavy atom. The van der Waals surface area contributed by atoms with E-state index in [4.69, 9.17) is 15.2 Å². The van der Waals surface area contributed by atoms with Gasteiger partial charge in [-0.05, 0) is 31.4 Å². The van der Waals surface area contributed by atoms with Gasteiger partial charge in [0.15, 0.2) is 11.6 Å². The number of hydrogen-bond acceptors (Lipinski definition) is 3. The van der Waals surface area contributed by atoms with Crippen molar-refractivity contribution in [2.45, 2.75) is 25.4 Å². The first kappa shape index (κ1) is 11.2. The van der Waals surface area contributed by atoms with Gasteiger partial charge in [-0.25, -0.2) is 4.39 Å². The molecule has 1 fully saturated rings. The summed E-state index contributed by atoms with van der Waals surface area (Å²) in [6, 6.07) is 4.44. The van der Waals surface area contributed by atoms with E-state index < -0.39 is 5.82 Å². The summed E-state index contributed by atoms with van der Waals surface area (Å²) < 4.78 is 24.2. The van der Waals surface area contributed by atoms with Gasteiger partial charge in [-0.2, -0.15) is 0 Å². The van der Waals surface area contributed by atoms with Crippen LogP contribution in [0.4, 0.5) is 10.1 Å². The lowest BCUT2D eigenvalue weighted by molar-refractivity contribution is -0.0117. The van der Waals surface area contributed by atoms with E-state index in [-0.39, 0.29) is 11.9 Å². The van der Waals surface area contributed by atoms with Gasteiger partial charge in [0.25, 0.3) is 0 Å². The number of nitrogen functional groups attached to an aromatic ring is 1. The monoisotopic (exact) mass is 225 g/mol. The van der Waals surface area contributed by atoms with Gasteiger partial charge in [-0.3, -0.25) is 0 Å². The summed E-state index contributed by atoms with van der Waals surface area (Å²) >= 11 is 0. The van der Waals surface area contributed by atoms with E-state index in [9.17, 15) is 4.39 Å². The van der Waals surface area contributed by atoms with Crippen molar-refractivity contribution in [1.82, 2.24) is 0 Å². The Morgan fingerprint density at radius 2 is 2.31 bits per heavy atom. The zero-order valence-corrected chi connectivity index (χ0v) is 9.12. The summed E-state index contributed by atoms with van der Waals surface area (Å²) in [6.45, 7) is 1.18. The van der Waals surface area contributed by atoms with Crippen molar-refractivity contribution in [3.05, 3.63) is 24.0 Å². The Morgan fingerprint density at radius 3 is 3.00 bits per heavy atom. The minimum Gasteiger partial charge on any atom is -0.488 e. The molecule has 2 N–H and O–H groups in total. The van der Waals surface area contributed by atoms with Crippen LogP contribution >= 0.6 is 0 Å². The Bertz CT molecular complexity index is 351. The fourth-order valence-corrected chi connectivity index (χ4v) is 1.76. The summed E-state index contributed by atoms with van der Waals surface area (Å²) in [5.74, 6) is -0.181. The van der Waals surface area contributed by atoms with E-state index in [1.165, 1.54) is 6.07 Å². The van der Waals surface area contributed by atoms with E-state index in [0.29, 0.717) is 12.3 Å². The van der Waals surface area contributed by atoms with Crippen LogP contribution in [0.15, 0.2) is 18.2 Å². The first-order valence-corrected chi connectivity index (χ1v) is 5.55. The Kier molecular flexibility index (Phi) is 3.62. The van der Waals surface area contributed by atoms with Crippen molar-refractivity contribution in [3.8, 4) is 5.75 Å². The maximum absolute atomic E-state index is 13.4. The lowest BCUT2D eigenvalue weighted by Crippen LogP contribution is -2.25. The number of benzene rings is 1. The smallest absolute Gasteiger partial charge is 0.167 e. The average molecular weight is 225 g/mol. The predicted octanol–water partition coefficient (Wildman–Crippen LogP) is 2.36. The molecule has 0 aromatic heterocycles. The topological polar surface area (TPSA) is 44.5 Å². The molecule has 0 radical (unpaired) electrons. The highest BCUT2D eigenvalue weighted by atomic mass is 19.1. The normalized spacial score (nSPS) is 20.7. The van der Waals surface area contributed by atoms with Gasteiger partial charge in [-0.1, -0.05) is 0 Å². The molecular weight excluding hydrogens is 209 g/mol. The fraction of sp³-hybridized carbons (Fsp3) is 0.500. The fourth-order valence-electron chi connectivity index (χ4n) is 1.76. The first-order chi connectivity index (χ1) is 7.75. The molecule has 4 heteroatoms. The Labute approximate surface area is 94.3 Å². The number of halogens is 1. The average Bonchev–Trinajstić information content (AvgIpc) is 2.29. The molecule has 1 aromatic rings. The standard InChI is InChI=1S/C12H16FNO2/c13-11-7-9(14)4-5-12(11)16-8-10-3-1-2-6-15-10/h4-5,7,10H,1-3,6,8,14H2. The van der Waals surface area contributed by atoms with Crippen LogP contribution in [0, 0.1) is 5.82 Å². The van der Waals surface area contributed by atoms with Gasteiger partial charge >= 0.3 is 0 Å². The van der Waals surface area contributed by atoms with Gasteiger partial charge in [0.2, 0.25) is 0 Å². The third-order valence-electron chi connectivity index (χ3n) is 2.65. The lowest BCUT2D eigenvalue weighted by Gasteiger charge is -2.22. The van der Waals surface area contributed by atoms with Gasteiger partial charge in [0.05, 0.1) is 6.10 Å². The number of anilines is 1. The Balaban J connectivity index is 1.88. The highest BCUT2D eigenvalue weighted by Crippen LogP contribution is 2.21. The third kappa shape index (κ3) is 2.85. The van der Waals surface area contributed by atoms with Gasteiger partial charge in [0, 0.05) is 18.4 Å². The second-order valence-electron chi connectivity index (χ2n) is 3.99. The summed E-state index contributed by atoms with van der Waals surface area (Å²) in [5.41, 5.74) is 5.85. The maximum Gasteiger partial charge on any atom is 0.167 e. The maximum atomic E-state index is 13.4. The van der Waals surface area contributed by atoms with E-state index in [1.807, 2.05) is 0 Å². The molecule has 0 amide bonds. The van der Waals surface area contributed by atoms with Crippen LogP contribution in [-0.4, -0.2) is 19.3 Å². The van der Waals surface area contributed by atoms with Crippen LogP contribution in [0.5, 0.6) is 5.75 Å². The van der Waals surface area contributed by atoms with Gasteiger partial charge in [0.1, 0.15) is 6.61 Å². The number of rotatable bonds is 3. The molecule has 0 saturated carbocycles. The molecule has 0 aliphatic carbocycles. The largest absolute Gasteiger partial charge is 0.488 e. The number of ether oxygens (including phenoxy) is 2. The van der Waals surface area contributed by atoms with Crippen molar-refractivity contribution in [1.29, 1.82) is 0 Å². The van der Waals surface area contributed by atoms with Crippen LogP contribution in [0.25, 0.3) is 0 Å². The molecule has 1 atom stereocenters. The van der Waals surface area contributed by atoms with Crippen molar-refractivity contribution in [3.63, 3.8) is 0 Å². The number of hydrogen-bond donors (Lipinski definition) is 1. The van der Waals surface area contributed by atoms with Crippen LogP contribution < -0.4 is 10.5 Å². The van der Waals surface area contributed by atoms with E-state index in [0.717, 1.165) is 25.9 Å². The second kappa shape index (κ2) is 5.16. The van der Waals surface area contributed by atoms with Crippen molar-refractivity contribution >= 4 is 5.69 Å². The molecule has 0 bridgehead atoms. The third-order valence-corrected chi connectivity index (χ3v) is 2.65. The van der Waals surface area contributed by atoms with Crippen LogP contribution in [-0.2, 0) is 4.74 Å². The van der Waals surface area contributed by atoms with E-state index in [1.54, 1.807) is 12.1 Å². The van der Waals surface area contributed by atoms with Crippen LogP contribution in [0.3, 0.4) is 0 Å². The molecule has 0 spiro atoms. The molecule has 3 nitrogen and oxygen atoms in total. The molecule has 1 aromatic carbocycles. The highest BCUT2D eigenvalue weighted by molar-refractivity contribution is 5.42. The summed E-state index contributed by atoms with van der Waals surface area (Å²) in [4.78, 5) is 0. The minimum atomic E-state index is -0.421. The molecule has 2 rings (SSSR count). The molecule has 1 saturated heterocycles. The molecule has 88 valence electrons. The minimum absolute atomic E-state index is 0.0886. The zero-order valence-electron chi connectivity index (χ0n) is 9.12. The second-order valence-corrected chi connectivity index (χ2v) is 3.99. The molecular formula is C12H16FNO2. The lowest BCUT2D eigenvalue weighted by atomic mass is 10.1. The molecule has 16 heavy (non-hydrogen) atoms. The van der Waals surface area contributed by atoms with Crippen molar-refractivity contribution in [2.24, 2.45) is 0 Å². The van der Waals surface area contributed by atoms with Crippen molar-refractivity contribution in [2.75, 3.05) is 18.9 Å². The van der Waals surface area contributed by atoms with E-state index >= 15 is 0 Å². The van der Waals surface area contributed by atoms with Crippen molar-refractivity contribution < 1.29 is 13.9 Å². The van der Waals surface area contributed by atoms with Crippen LogP contribution in [0.1, 0.15) is 19.3 Å². The van der Waals surface area contributed by atoms with Gasteiger partial charge < -0.3 is 15.2 Å². The SMILES string of the molecule is Nc1ccc(OCC2CCCCO2)c(F)c1. The predicted molar refractivity (Wildman–Crippen MR) is 59.9 cm³/mol. The Hall–Kier alpha value is -1.29. The highest BCUT2D eigenvalue weighted by Gasteiger charge is 2.15.